The lowest BCUT2D eigenvalue weighted by Crippen LogP contribution is -2.40. The highest BCUT2D eigenvalue weighted by atomic mass is 79.9. The van der Waals surface area contributed by atoms with Gasteiger partial charge in [-0.15, -0.1) is 11.8 Å². The van der Waals surface area contributed by atoms with Gasteiger partial charge in [-0.2, -0.15) is 5.26 Å². The molecule has 19 heavy (non-hydrogen) atoms. The summed E-state index contributed by atoms with van der Waals surface area (Å²) < 4.78 is 1.16. The van der Waals surface area contributed by atoms with E-state index in [2.05, 4.69) is 45.5 Å². The van der Waals surface area contributed by atoms with Crippen molar-refractivity contribution in [2.45, 2.75) is 43.5 Å². The van der Waals surface area contributed by atoms with Crippen LogP contribution in [0.4, 0.5) is 0 Å². The Bertz CT molecular complexity index is 430. The summed E-state index contributed by atoms with van der Waals surface area (Å²) in [6, 6.07) is 10.7. The summed E-state index contributed by atoms with van der Waals surface area (Å²) in [5.41, 5.74) is -0.368. The Morgan fingerprint density at radius 1 is 1.37 bits per heavy atom. The van der Waals surface area contributed by atoms with E-state index < -0.39 is 0 Å². The van der Waals surface area contributed by atoms with Gasteiger partial charge in [-0.05, 0) is 66.5 Å². The number of benzene rings is 1. The minimum atomic E-state index is -0.368. The Hall–Kier alpha value is -0.500. The third-order valence-electron chi connectivity index (χ3n) is 2.98. The van der Waals surface area contributed by atoms with Gasteiger partial charge >= 0.3 is 0 Å². The molecule has 1 rings (SSSR count). The van der Waals surface area contributed by atoms with Crippen LogP contribution in [-0.2, 0) is 0 Å². The number of nitriles is 1. The summed E-state index contributed by atoms with van der Waals surface area (Å²) >= 11 is 5.42. The van der Waals surface area contributed by atoms with Crippen LogP contribution in [-0.4, -0.2) is 17.8 Å². The van der Waals surface area contributed by atoms with Crippen LogP contribution in [0.15, 0.2) is 33.6 Å². The number of thioether (sulfide) groups is 1. The highest BCUT2D eigenvalue weighted by Crippen LogP contribution is 2.28. The fourth-order valence-electron chi connectivity index (χ4n) is 1.90. The standard InChI is InChI=1S/C15H21BrN2S/c1-3-18-15(2,12-17)10-6-7-11-19-14-9-5-4-8-13(14)16/h4-5,8-9,18H,3,6-7,10-11H2,1-2H3. The predicted molar refractivity (Wildman–Crippen MR) is 86.4 cm³/mol. The van der Waals surface area contributed by atoms with E-state index in [4.69, 9.17) is 5.26 Å². The van der Waals surface area contributed by atoms with E-state index in [1.807, 2.05) is 31.7 Å². The van der Waals surface area contributed by atoms with E-state index in [0.29, 0.717) is 0 Å². The molecule has 0 spiro atoms. The van der Waals surface area contributed by atoms with Crippen LogP contribution in [0.5, 0.6) is 0 Å². The average molecular weight is 341 g/mol. The Kier molecular flexibility index (Phi) is 7.52. The van der Waals surface area contributed by atoms with Gasteiger partial charge in [0.1, 0.15) is 5.54 Å². The second-order valence-corrected chi connectivity index (χ2v) is 6.70. The number of nitrogens with one attached hydrogen (secondary N) is 1. The number of rotatable bonds is 8. The molecule has 0 aliphatic rings. The zero-order valence-electron chi connectivity index (χ0n) is 11.6. The molecule has 0 radical (unpaired) electrons. The Balaban J connectivity index is 2.25. The van der Waals surface area contributed by atoms with Gasteiger partial charge in [0.15, 0.2) is 0 Å². The highest BCUT2D eigenvalue weighted by Gasteiger charge is 2.20. The van der Waals surface area contributed by atoms with Gasteiger partial charge in [0.25, 0.3) is 0 Å². The first-order valence-electron chi connectivity index (χ1n) is 6.65. The lowest BCUT2D eigenvalue weighted by molar-refractivity contribution is 0.415. The molecule has 1 unspecified atom stereocenters. The van der Waals surface area contributed by atoms with Crippen molar-refractivity contribution < 1.29 is 0 Å². The SMILES string of the molecule is CCNC(C)(C#N)CCCCSc1ccccc1Br. The maximum atomic E-state index is 9.16. The Labute approximate surface area is 129 Å². The summed E-state index contributed by atoms with van der Waals surface area (Å²) in [6.07, 6.45) is 3.12. The van der Waals surface area contributed by atoms with Gasteiger partial charge in [0, 0.05) is 9.37 Å². The fourth-order valence-corrected chi connectivity index (χ4v) is 3.48. The smallest absolute Gasteiger partial charge is 0.103 e. The summed E-state index contributed by atoms with van der Waals surface area (Å²) in [5.74, 6) is 1.09. The first kappa shape index (κ1) is 16.6. The molecule has 0 aliphatic carbocycles. The minimum absolute atomic E-state index is 0.368. The molecular weight excluding hydrogens is 320 g/mol. The zero-order chi connectivity index (χ0) is 14.1. The maximum absolute atomic E-state index is 9.16. The largest absolute Gasteiger partial charge is 0.300 e. The van der Waals surface area contributed by atoms with Crippen LogP contribution in [0.25, 0.3) is 0 Å². The molecule has 0 bridgehead atoms. The highest BCUT2D eigenvalue weighted by molar-refractivity contribution is 9.10. The molecule has 1 aromatic rings. The van der Waals surface area contributed by atoms with E-state index in [9.17, 15) is 0 Å². The topological polar surface area (TPSA) is 35.8 Å². The van der Waals surface area contributed by atoms with Crippen molar-refractivity contribution in [2.24, 2.45) is 0 Å². The maximum Gasteiger partial charge on any atom is 0.103 e. The third-order valence-corrected chi connectivity index (χ3v) is 5.09. The second-order valence-electron chi connectivity index (χ2n) is 4.71. The lowest BCUT2D eigenvalue weighted by Gasteiger charge is -2.22. The molecule has 0 fully saturated rings. The Morgan fingerprint density at radius 3 is 2.74 bits per heavy atom. The van der Waals surface area contributed by atoms with E-state index in [-0.39, 0.29) is 5.54 Å². The first-order chi connectivity index (χ1) is 9.11. The van der Waals surface area contributed by atoms with Gasteiger partial charge in [-0.1, -0.05) is 19.1 Å². The zero-order valence-corrected chi connectivity index (χ0v) is 14.0. The molecule has 0 aromatic heterocycles. The Morgan fingerprint density at radius 2 is 2.11 bits per heavy atom. The van der Waals surface area contributed by atoms with Crippen molar-refractivity contribution >= 4 is 27.7 Å². The first-order valence-corrected chi connectivity index (χ1v) is 8.43. The van der Waals surface area contributed by atoms with Crippen molar-refractivity contribution in [2.75, 3.05) is 12.3 Å². The molecule has 1 N–H and O–H groups in total. The van der Waals surface area contributed by atoms with Crippen molar-refractivity contribution in [1.29, 1.82) is 5.26 Å². The number of nitrogens with zero attached hydrogens (tertiary/aromatic N) is 1. The van der Waals surface area contributed by atoms with E-state index in [1.54, 1.807) is 0 Å². The average Bonchev–Trinajstić information content (AvgIpc) is 2.41. The van der Waals surface area contributed by atoms with Gasteiger partial charge in [-0.3, -0.25) is 5.32 Å². The monoisotopic (exact) mass is 340 g/mol. The van der Waals surface area contributed by atoms with Gasteiger partial charge in [0.05, 0.1) is 6.07 Å². The molecule has 0 amide bonds. The molecular formula is C15H21BrN2S. The van der Waals surface area contributed by atoms with Crippen molar-refractivity contribution in [3.05, 3.63) is 28.7 Å². The van der Waals surface area contributed by atoms with E-state index in [1.165, 1.54) is 4.90 Å². The van der Waals surface area contributed by atoms with Crippen LogP contribution in [0.2, 0.25) is 0 Å². The molecule has 104 valence electrons. The minimum Gasteiger partial charge on any atom is -0.300 e. The molecule has 0 heterocycles. The number of hydrogen-bond donors (Lipinski definition) is 1. The van der Waals surface area contributed by atoms with Gasteiger partial charge < -0.3 is 0 Å². The normalized spacial score (nSPS) is 13.8. The predicted octanol–water partition coefficient (Wildman–Crippen LogP) is 4.60. The van der Waals surface area contributed by atoms with Gasteiger partial charge in [0.2, 0.25) is 0 Å². The van der Waals surface area contributed by atoms with Crippen LogP contribution >= 0.6 is 27.7 Å². The van der Waals surface area contributed by atoms with Crippen LogP contribution < -0.4 is 5.32 Å². The van der Waals surface area contributed by atoms with E-state index >= 15 is 0 Å². The molecule has 4 heteroatoms. The summed E-state index contributed by atoms with van der Waals surface area (Å²) in [7, 11) is 0. The van der Waals surface area contributed by atoms with E-state index in [0.717, 1.165) is 36.0 Å². The second kappa shape index (κ2) is 8.63. The molecule has 1 atom stereocenters. The summed E-state index contributed by atoms with van der Waals surface area (Å²) in [6.45, 7) is 4.87. The number of hydrogen-bond acceptors (Lipinski definition) is 3. The van der Waals surface area contributed by atoms with Crippen LogP contribution in [0.3, 0.4) is 0 Å². The molecule has 0 saturated heterocycles. The third kappa shape index (κ3) is 5.99. The molecule has 0 aliphatic heterocycles. The van der Waals surface area contributed by atoms with Crippen LogP contribution in [0, 0.1) is 11.3 Å². The lowest BCUT2D eigenvalue weighted by atomic mass is 9.97. The summed E-state index contributed by atoms with van der Waals surface area (Å²) in [4.78, 5) is 1.29. The number of unbranched alkanes of at least 4 members (excludes halogenated alkanes) is 1. The van der Waals surface area contributed by atoms with Crippen molar-refractivity contribution in [3.63, 3.8) is 0 Å². The quantitative estimate of drug-likeness (QED) is 0.554. The fraction of sp³-hybridized carbons (Fsp3) is 0.533. The summed E-state index contributed by atoms with van der Waals surface area (Å²) in [5, 5.41) is 12.4. The molecule has 0 saturated carbocycles. The van der Waals surface area contributed by atoms with Gasteiger partial charge in [-0.25, -0.2) is 0 Å². The van der Waals surface area contributed by atoms with Crippen LogP contribution in [0.1, 0.15) is 33.1 Å². The molecule has 1 aromatic carbocycles. The van der Waals surface area contributed by atoms with Crippen molar-refractivity contribution in [3.8, 4) is 6.07 Å². The van der Waals surface area contributed by atoms with Crippen molar-refractivity contribution in [1.82, 2.24) is 5.32 Å². The molecule has 2 nitrogen and oxygen atoms in total. The number of halogens is 1.